The molecule has 2 amide bonds. The zero-order chi connectivity index (χ0) is 20.0. The summed E-state index contributed by atoms with van der Waals surface area (Å²) >= 11 is 0. The van der Waals surface area contributed by atoms with Gasteiger partial charge in [-0.2, -0.15) is 0 Å². The zero-order valence-corrected chi connectivity index (χ0v) is 16.0. The van der Waals surface area contributed by atoms with E-state index in [4.69, 9.17) is 4.42 Å². The lowest BCUT2D eigenvalue weighted by molar-refractivity contribution is 0.0781. The highest BCUT2D eigenvalue weighted by Gasteiger charge is 2.41. The summed E-state index contributed by atoms with van der Waals surface area (Å²) in [6.45, 7) is 3.78. The molecule has 1 fully saturated rings. The minimum Gasteiger partial charge on any atom is -0.469 e. The molecule has 5 rings (SSSR count). The first-order chi connectivity index (χ1) is 14.1. The fourth-order valence-electron chi connectivity index (χ4n) is 4.34. The Labute approximate surface area is 167 Å². The zero-order valence-electron chi connectivity index (χ0n) is 16.0. The standard InChI is InChI=1S/C21H21N5O3/c1-13-17(7-8-29-13)21(28)25-10-14-9-18-23-24-19(26(18)12-15(14)11-25)20(27)22-16-5-3-2-4-6-16/h2-8,14-15H,9-12H2,1H3,(H,22,27). The number of benzene rings is 1. The number of hydrogen-bond acceptors (Lipinski definition) is 5. The summed E-state index contributed by atoms with van der Waals surface area (Å²) in [5.41, 5.74) is 1.34. The molecule has 1 aromatic carbocycles. The number of carbonyl (C=O) groups is 2. The molecule has 2 aromatic heterocycles. The smallest absolute Gasteiger partial charge is 0.293 e. The first kappa shape index (κ1) is 17.7. The number of nitrogens with zero attached hydrogens (tertiary/aromatic N) is 4. The fourth-order valence-corrected chi connectivity index (χ4v) is 4.34. The Morgan fingerprint density at radius 2 is 1.86 bits per heavy atom. The number of rotatable bonds is 3. The van der Waals surface area contributed by atoms with Gasteiger partial charge in [-0.05, 0) is 37.0 Å². The number of nitrogens with one attached hydrogen (secondary N) is 1. The molecule has 8 heteroatoms. The van der Waals surface area contributed by atoms with Crippen LogP contribution in [0.1, 0.15) is 32.6 Å². The van der Waals surface area contributed by atoms with Gasteiger partial charge in [0.1, 0.15) is 11.6 Å². The summed E-state index contributed by atoms with van der Waals surface area (Å²) in [4.78, 5) is 27.4. The normalized spacial score (nSPS) is 20.2. The first-order valence-corrected chi connectivity index (χ1v) is 9.72. The van der Waals surface area contributed by atoms with Gasteiger partial charge < -0.3 is 19.2 Å². The Bertz CT molecular complexity index is 1070. The second-order valence-electron chi connectivity index (χ2n) is 7.70. The molecule has 4 heterocycles. The molecule has 1 saturated heterocycles. The highest BCUT2D eigenvalue weighted by atomic mass is 16.3. The fraction of sp³-hybridized carbons (Fsp3) is 0.333. The Morgan fingerprint density at radius 1 is 1.07 bits per heavy atom. The quantitative estimate of drug-likeness (QED) is 0.740. The summed E-state index contributed by atoms with van der Waals surface area (Å²) < 4.78 is 7.18. The summed E-state index contributed by atoms with van der Waals surface area (Å²) in [6, 6.07) is 11.0. The third-order valence-electron chi connectivity index (χ3n) is 5.88. The monoisotopic (exact) mass is 391 g/mol. The van der Waals surface area contributed by atoms with Crippen molar-refractivity contribution in [2.24, 2.45) is 11.8 Å². The van der Waals surface area contributed by atoms with Crippen LogP contribution in [0.25, 0.3) is 0 Å². The van der Waals surface area contributed by atoms with Crippen LogP contribution in [0.15, 0.2) is 47.1 Å². The summed E-state index contributed by atoms with van der Waals surface area (Å²) in [5.74, 6) is 2.10. The lowest BCUT2D eigenvalue weighted by atomic mass is 9.89. The van der Waals surface area contributed by atoms with Crippen molar-refractivity contribution < 1.29 is 14.0 Å². The van der Waals surface area contributed by atoms with Crippen LogP contribution in [0, 0.1) is 18.8 Å². The number of furan rings is 1. The molecule has 2 unspecified atom stereocenters. The van der Waals surface area contributed by atoms with Crippen molar-refractivity contribution in [1.82, 2.24) is 19.7 Å². The van der Waals surface area contributed by atoms with E-state index >= 15 is 0 Å². The van der Waals surface area contributed by atoms with E-state index in [0.717, 1.165) is 11.5 Å². The number of carbonyl (C=O) groups excluding carboxylic acids is 2. The maximum atomic E-state index is 12.8. The van der Waals surface area contributed by atoms with Crippen molar-refractivity contribution in [2.45, 2.75) is 19.9 Å². The number of amides is 2. The van der Waals surface area contributed by atoms with Crippen LogP contribution in [0.2, 0.25) is 0 Å². The Morgan fingerprint density at radius 3 is 2.62 bits per heavy atom. The van der Waals surface area contributed by atoms with Gasteiger partial charge in [0.05, 0.1) is 11.8 Å². The number of fused-ring (bicyclic) bond motifs is 2. The molecular weight excluding hydrogens is 370 g/mol. The molecule has 2 atom stereocenters. The average Bonchev–Trinajstić information content (AvgIpc) is 3.43. The summed E-state index contributed by atoms with van der Waals surface area (Å²) in [5, 5.41) is 11.3. The Kier molecular flexibility index (Phi) is 4.19. The van der Waals surface area contributed by atoms with Gasteiger partial charge in [0.15, 0.2) is 0 Å². The molecular formula is C21H21N5O3. The van der Waals surface area contributed by atoms with Crippen LogP contribution < -0.4 is 5.32 Å². The van der Waals surface area contributed by atoms with Crippen molar-refractivity contribution in [1.29, 1.82) is 0 Å². The highest BCUT2D eigenvalue weighted by molar-refractivity contribution is 6.01. The van der Waals surface area contributed by atoms with Crippen LogP contribution in [0.4, 0.5) is 5.69 Å². The molecule has 2 aliphatic heterocycles. The number of aryl methyl sites for hydroxylation is 1. The van der Waals surface area contributed by atoms with Crippen LogP contribution in [-0.4, -0.2) is 44.6 Å². The van der Waals surface area contributed by atoms with Gasteiger partial charge in [-0.25, -0.2) is 0 Å². The molecule has 0 spiro atoms. The van der Waals surface area contributed by atoms with Gasteiger partial charge in [0.2, 0.25) is 5.82 Å². The molecule has 1 N–H and O–H groups in total. The number of anilines is 1. The number of aromatic nitrogens is 3. The molecule has 0 bridgehead atoms. The van der Waals surface area contributed by atoms with E-state index in [0.29, 0.717) is 49.1 Å². The van der Waals surface area contributed by atoms with Gasteiger partial charge in [0, 0.05) is 31.7 Å². The number of hydrogen-bond donors (Lipinski definition) is 1. The van der Waals surface area contributed by atoms with E-state index in [9.17, 15) is 9.59 Å². The van der Waals surface area contributed by atoms with Gasteiger partial charge in [-0.3, -0.25) is 9.59 Å². The van der Waals surface area contributed by atoms with Crippen molar-refractivity contribution in [3.63, 3.8) is 0 Å². The van der Waals surface area contributed by atoms with E-state index in [1.54, 1.807) is 19.3 Å². The molecule has 2 aliphatic rings. The minimum absolute atomic E-state index is 0.00320. The van der Waals surface area contributed by atoms with E-state index in [1.165, 1.54) is 0 Å². The van der Waals surface area contributed by atoms with Crippen molar-refractivity contribution in [2.75, 3.05) is 18.4 Å². The third-order valence-corrected chi connectivity index (χ3v) is 5.88. The SMILES string of the molecule is Cc1occc1C(=O)N1CC2Cc3nnc(C(=O)Nc4ccccc4)n3CC2C1. The van der Waals surface area contributed by atoms with Crippen molar-refractivity contribution in [3.8, 4) is 0 Å². The predicted molar refractivity (Wildman–Crippen MR) is 104 cm³/mol. The molecule has 29 heavy (non-hydrogen) atoms. The average molecular weight is 391 g/mol. The van der Waals surface area contributed by atoms with Gasteiger partial charge in [0.25, 0.3) is 11.8 Å². The summed E-state index contributed by atoms with van der Waals surface area (Å²) in [6.07, 6.45) is 2.26. The lowest BCUT2D eigenvalue weighted by Crippen LogP contribution is -2.31. The van der Waals surface area contributed by atoms with Gasteiger partial charge in [-0.15, -0.1) is 10.2 Å². The second kappa shape index (κ2) is 6.88. The predicted octanol–water partition coefficient (Wildman–Crippen LogP) is 2.38. The van der Waals surface area contributed by atoms with Crippen LogP contribution >= 0.6 is 0 Å². The Balaban J connectivity index is 1.32. The summed E-state index contributed by atoms with van der Waals surface area (Å²) in [7, 11) is 0. The van der Waals surface area contributed by atoms with Gasteiger partial charge in [-0.1, -0.05) is 18.2 Å². The van der Waals surface area contributed by atoms with E-state index in [-0.39, 0.29) is 17.7 Å². The van der Waals surface area contributed by atoms with Gasteiger partial charge >= 0.3 is 0 Å². The van der Waals surface area contributed by atoms with E-state index < -0.39 is 0 Å². The van der Waals surface area contributed by atoms with Crippen molar-refractivity contribution >= 4 is 17.5 Å². The highest BCUT2D eigenvalue weighted by Crippen LogP contribution is 2.33. The van der Waals surface area contributed by atoms with E-state index in [2.05, 4.69) is 15.5 Å². The largest absolute Gasteiger partial charge is 0.469 e. The molecule has 3 aromatic rings. The molecule has 8 nitrogen and oxygen atoms in total. The third kappa shape index (κ3) is 3.10. The molecule has 0 aliphatic carbocycles. The number of likely N-dealkylation sites (tertiary alicyclic amines) is 1. The molecule has 0 saturated carbocycles. The first-order valence-electron chi connectivity index (χ1n) is 9.72. The second-order valence-corrected chi connectivity index (χ2v) is 7.70. The van der Waals surface area contributed by atoms with Crippen molar-refractivity contribution in [3.05, 3.63) is 65.6 Å². The topological polar surface area (TPSA) is 93.3 Å². The van der Waals surface area contributed by atoms with Crippen LogP contribution in [0.5, 0.6) is 0 Å². The Hall–Kier alpha value is -3.42. The van der Waals surface area contributed by atoms with Crippen LogP contribution in [0.3, 0.4) is 0 Å². The van der Waals surface area contributed by atoms with Crippen LogP contribution in [-0.2, 0) is 13.0 Å². The molecule has 148 valence electrons. The molecule has 0 radical (unpaired) electrons. The maximum Gasteiger partial charge on any atom is 0.293 e. The maximum absolute atomic E-state index is 12.8. The lowest BCUT2D eigenvalue weighted by Gasteiger charge is -2.25. The number of para-hydroxylation sites is 1. The van der Waals surface area contributed by atoms with E-state index in [1.807, 2.05) is 39.8 Å². The minimum atomic E-state index is -0.270.